The van der Waals surface area contributed by atoms with Crippen molar-refractivity contribution in [2.45, 2.75) is 172 Å². The molecule has 0 amide bonds. The zero-order valence-corrected chi connectivity index (χ0v) is 26.4. The first-order valence-electron chi connectivity index (χ1n) is 16.3. The monoisotopic (exact) mass is 604 g/mol. The van der Waals surface area contributed by atoms with Gasteiger partial charge in [-0.1, -0.05) is 83.5 Å². The summed E-state index contributed by atoms with van der Waals surface area (Å²) in [5, 5.41) is 39.1. The molecule has 248 valence electrons. The summed E-state index contributed by atoms with van der Waals surface area (Å²) in [5.74, 6) is -0.601. The van der Waals surface area contributed by atoms with Crippen molar-refractivity contribution in [1.82, 2.24) is 0 Å². The quantitative estimate of drug-likeness (QED) is 0.0950. The molecular formula is C32H60O10. The van der Waals surface area contributed by atoms with E-state index in [-0.39, 0.29) is 24.4 Å². The summed E-state index contributed by atoms with van der Waals surface area (Å²) in [5.41, 5.74) is 0. The SMILES string of the molecule is COC(CCCCCCCCCCCCCC(CCCCCC(C)=O)O[C@@H]1O[C@H](CO)[C@@H](O)[C@H](O)[C@H]1OC)CC(=O)O. The number of hydrogen-bond donors (Lipinski definition) is 4. The van der Waals surface area contributed by atoms with Crippen LogP contribution in [0.15, 0.2) is 0 Å². The van der Waals surface area contributed by atoms with E-state index in [4.69, 9.17) is 24.1 Å². The molecule has 10 nitrogen and oxygen atoms in total. The molecule has 42 heavy (non-hydrogen) atoms. The number of methoxy groups -OCH3 is 2. The largest absolute Gasteiger partial charge is 0.481 e. The molecule has 1 heterocycles. The Morgan fingerprint density at radius 2 is 1.21 bits per heavy atom. The van der Waals surface area contributed by atoms with Gasteiger partial charge in [0.1, 0.15) is 30.2 Å². The summed E-state index contributed by atoms with van der Waals surface area (Å²) >= 11 is 0. The molecule has 1 aliphatic heterocycles. The maximum atomic E-state index is 11.2. The molecule has 0 aromatic rings. The molecule has 2 unspecified atom stereocenters. The number of carbonyl (C=O) groups excluding carboxylic acids is 1. The van der Waals surface area contributed by atoms with Crippen LogP contribution in [0.25, 0.3) is 0 Å². The van der Waals surface area contributed by atoms with Crippen molar-refractivity contribution in [3.8, 4) is 0 Å². The number of ketones is 1. The minimum Gasteiger partial charge on any atom is -0.481 e. The number of hydrogen-bond acceptors (Lipinski definition) is 9. The van der Waals surface area contributed by atoms with Crippen LogP contribution in [0.3, 0.4) is 0 Å². The maximum absolute atomic E-state index is 11.2. The van der Waals surface area contributed by atoms with E-state index < -0.39 is 43.3 Å². The molecule has 0 aromatic carbocycles. The lowest BCUT2D eigenvalue weighted by Crippen LogP contribution is -2.60. The van der Waals surface area contributed by atoms with Gasteiger partial charge < -0.3 is 44.2 Å². The second-order valence-electron chi connectivity index (χ2n) is 11.9. The maximum Gasteiger partial charge on any atom is 0.305 e. The molecule has 10 heteroatoms. The lowest BCUT2D eigenvalue weighted by molar-refractivity contribution is -0.316. The Morgan fingerprint density at radius 3 is 1.64 bits per heavy atom. The van der Waals surface area contributed by atoms with E-state index in [2.05, 4.69) is 0 Å². The fourth-order valence-corrected chi connectivity index (χ4v) is 5.64. The smallest absolute Gasteiger partial charge is 0.305 e. The lowest BCUT2D eigenvalue weighted by atomic mass is 9.98. The third-order valence-corrected chi connectivity index (χ3v) is 8.27. The number of unbranched alkanes of at least 4 members (excludes halogenated alkanes) is 12. The van der Waals surface area contributed by atoms with Gasteiger partial charge in [-0.3, -0.25) is 4.79 Å². The van der Waals surface area contributed by atoms with Crippen LogP contribution in [0.2, 0.25) is 0 Å². The van der Waals surface area contributed by atoms with Crippen molar-refractivity contribution >= 4 is 11.8 Å². The highest BCUT2D eigenvalue weighted by Gasteiger charge is 2.45. The standard InChI is InChI=1S/C32H60O10/c1-24(34)18-14-13-17-20-25(41-32-31(40-3)30(38)29(37)27(23-33)42-32)19-15-11-9-7-5-4-6-8-10-12-16-21-26(39-2)22-28(35)36/h25-27,29-33,37-38H,4-23H2,1-3H3,(H,35,36)/t25?,26?,27-,29-,30+,31-,32-/m1/s1. The molecule has 0 aromatic heterocycles. The Balaban J connectivity index is 2.29. The summed E-state index contributed by atoms with van der Waals surface area (Å²) in [6, 6.07) is 0. The summed E-state index contributed by atoms with van der Waals surface area (Å²) in [6.07, 6.45) is 13.2. The van der Waals surface area contributed by atoms with Gasteiger partial charge >= 0.3 is 5.97 Å². The number of rotatable bonds is 27. The third kappa shape index (κ3) is 17.2. The summed E-state index contributed by atoms with van der Waals surface area (Å²) < 4.78 is 22.7. The third-order valence-electron chi connectivity index (χ3n) is 8.27. The number of aliphatic hydroxyl groups is 3. The zero-order valence-electron chi connectivity index (χ0n) is 26.4. The van der Waals surface area contributed by atoms with E-state index in [9.17, 15) is 24.9 Å². The molecule has 1 saturated heterocycles. The number of carboxylic acids is 1. The van der Waals surface area contributed by atoms with Crippen molar-refractivity contribution in [1.29, 1.82) is 0 Å². The number of ether oxygens (including phenoxy) is 4. The second kappa shape index (κ2) is 24.2. The van der Waals surface area contributed by atoms with Crippen LogP contribution in [0.4, 0.5) is 0 Å². The molecule has 1 aliphatic rings. The molecular weight excluding hydrogens is 544 g/mol. The van der Waals surface area contributed by atoms with Gasteiger partial charge in [0.05, 0.1) is 25.2 Å². The van der Waals surface area contributed by atoms with E-state index in [1.54, 1.807) is 14.0 Å². The average molecular weight is 605 g/mol. The Labute approximate surface area is 253 Å². The van der Waals surface area contributed by atoms with Gasteiger partial charge in [0.15, 0.2) is 6.29 Å². The predicted octanol–water partition coefficient (Wildman–Crippen LogP) is 4.93. The Morgan fingerprint density at radius 1 is 0.738 bits per heavy atom. The van der Waals surface area contributed by atoms with E-state index in [1.165, 1.54) is 52.1 Å². The van der Waals surface area contributed by atoms with E-state index in [0.717, 1.165) is 64.2 Å². The number of carboxylic acid groups (broad SMARTS) is 1. The first-order chi connectivity index (χ1) is 20.2. The second-order valence-corrected chi connectivity index (χ2v) is 11.9. The molecule has 0 saturated carbocycles. The molecule has 1 rings (SSSR count). The first-order valence-corrected chi connectivity index (χ1v) is 16.3. The van der Waals surface area contributed by atoms with Crippen LogP contribution in [-0.2, 0) is 28.5 Å². The molecule has 0 spiro atoms. The van der Waals surface area contributed by atoms with Gasteiger partial charge in [-0.2, -0.15) is 0 Å². The number of aliphatic carboxylic acids is 1. The van der Waals surface area contributed by atoms with Crippen molar-refractivity contribution in [2.24, 2.45) is 0 Å². The number of aliphatic hydroxyl groups excluding tert-OH is 3. The molecule has 0 bridgehead atoms. The molecule has 0 aliphatic carbocycles. The van der Waals surface area contributed by atoms with Crippen molar-refractivity contribution in [3.63, 3.8) is 0 Å². The van der Waals surface area contributed by atoms with Crippen LogP contribution in [0.5, 0.6) is 0 Å². The van der Waals surface area contributed by atoms with Crippen LogP contribution in [-0.4, -0.2) is 95.9 Å². The van der Waals surface area contributed by atoms with E-state index in [0.29, 0.717) is 6.42 Å². The number of Topliss-reactive ketones (excluding diaryl/α,β-unsaturated/α-hetero) is 1. The summed E-state index contributed by atoms with van der Waals surface area (Å²) in [6.45, 7) is 1.19. The highest BCUT2D eigenvalue weighted by Crippen LogP contribution is 2.27. The Kier molecular flexibility index (Phi) is 22.4. The predicted molar refractivity (Wildman–Crippen MR) is 160 cm³/mol. The topological polar surface area (TPSA) is 152 Å². The van der Waals surface area contributed by atoms with Crippen LogP contribution in [0.1, 0.15) is 129 Å². The first kappa shape index (κ1) is 38.9. The zero-order chi connectivity index (χ0) is 31.2. The van der Waals surface area contributed by atoms with Crippen molar-refractivity contribution in [3.05, 3.63) is 0 Å². The van der Waals surface area contributed by atoms with E-state index in [1.807, 2.05) is 0 Å². The van der Waals surface area contributed by atoms with Gasteiger partial charge in [0.2, 0.25) is 0 Å². The van der Waals surface area contributed by atoms with Crippen molar-refractivity contribution in [2.75, 3.05) is 20.8 Å². The summed E-state index contributed by atoms with van der Waals surface area (Å²) in [4.78, 5) is 22.0. The highest BCUT2D eigenvalue weighted by molar-refractivity contribution is 5.75. The molecule has 4 N–H and O–H groups in total. The normalized spacial score (nSPS) is 24.0. The highest BCUT2D eigenvalue weighted by atomic mass is 16.7. The minimum absolute atomic E-state index is 0.0792. The fourth-order valence-electron chi connectivity index (χ4n) is 5.64. The number of carbonyl (C=O) groups is 2. The van der Waals surface area contributed by atoms with Crippen molar-refractivity contribution < 1.29 is 49.0 Å². The molecule has 7 atom stereocenters. The minimum atomic E-state index is -1.25. The Hall–Kier alpha value is -1.14. The average Bonchev–Trinajstić information content (AvgIpc) is 2.95. The van der Waals surface area contributed by atoms with Crippen LogP contribution in [0, 0.1) is 0 Å². The van der Waals surface area contributed by atoms with Gasteiger partial charge in [0, 0.05) is 20.6 Å². The van der Waals surface area contributed by atoms with Gasteiger partial charge in [-0.05, 0) is 32.6 Å². The van der Waals surface area contributed by atoms with Gasteiger partial charge in [0.25, 0.3) is 0 Å². The fraction of sp³-hybridized carbons (Fsp3) is 0.938. The van der Waals surface area contributed by atoms with E-state index >= 15 is 0 Å². The lowest BCUT2D eigenvalue weighted by Gasteiger charge is -2.42. The molecule has 0 radical (unpaired) electrons. The van der Waals surface area contributed by atoms with Crippen LogP contribution < -0.4 is 0 Å². The van der Waals surface area contributed by atoms with Crippen LogP contribution >= 0.6 is 0 Å². The Bertz CT molecular complexity index is 690. The van der Waals surface area contributed by atoms with Gasteiger partial charge in [-0.15, -0.1) is 0 Å². The molecule has 1 fully saturated rings. The van der Waals surface area contributed by atoms with Gasteiger partial charge in [-0.25, -0.2) is 0 Å². The summed E-state index contributed by atoms with van der Waals surface area (Å²) in [7, 11) is 3.02.